The fourth-order valence-electron chi connectivity index (χ4n) is 8.63. The van der Waals surface area contributed by atoms with E-state index in [0.29, 0.717) is 30.4 Å². The van der Waals surface area contributed by atoms with Crippen molar-refractivity contribution in [2.45, 2.75) is 89.9 Å². The first-order valence-electron chi connectivity index (χ1n) is 14.9. The molecule has 0 unspecified atom stereocenters. The minimum Gasteiger partial charge on any atom is -0.464 e. The Bertz CT molecular complexity index is 1530. The Morgan fingerprint density at radius 2 is 1.98 bits per heavy atom. The highest BCUT2D eigenvalue weighted by Gasteiger charge is 2.68. The molecular formula is C32H37BN2O5. The second kappa shape index (κ2) is 8.35. The zero-order chi connectivity index (χ0) is 27.4. The predicted molar refractivity (Wildman–Crippen MR) is 151 cm³/mol. The van der Waals surface area contributed by atoms with Crippen LogP contribution in [0.25, 0.3) is 11.0 Å². The van der Waals surface area contributed by atoms with Gasteiger partial charge in [0, 0.05) is 24.5 Å². The third-order valence-corrected chi connectivity index (χ3v) is 11.3. The number of nitrogens with zero attached hydrogens (tertiary/aromatic N) is 1. The number of Topliss-reactive ketones (excluding diaryl/α,β-unsaturated/α-hetero) is 1. The lowest BCUT2D eigenvalue weighted by molar-refractivity contribution is -0.199. The lowest BCUT2D eigenvalue weighted by atomic mass is 9.43. The fourth-order valence-corrected chi connectivity index (χ4v) is 8.63. The smallest absolute Gasteiger partial charge is 0.464 e. The van der Waals surface area contributed by atoms with E-state index in [1.54, 1.807) is 6.26 Å². The Hall–Kier alpha value is -2.84. The number of carbonyl (C=O) groups excluding carboxylic acids is 2. The summed E-state index contributed by atoms with van der Waals surface area (Å²) in [6.07, 6.45) is 9.49. The van der Waals surface area contributed by atoms with Crippen molar-refractivity contribution in [2.75, 3.05) is 0 Å². The van der Waals surface area contributed by atoms with Gasteiger partial charge >= 0.3 is 7.12 Å². The summed E-state index contributed by atoms with van der Waals surface area (Å²) in [4.78, 5) is 26.6. The van der Waals surface area contributed by atoms with Gasteiger partial charge in [-0.1, -0.05) is 32.0 Å². The zero-order valence-corrected chi connectivity index (χ0v) is 23.6. The first kappa shape index (κ1) is 24.9. The van der Waals surface area contributed by atoms with Crippen LogP contribution in [0.2, 0.25) is 0 Å². The summed E-state index contributed by atoms with van der Waals surface area (Å²) < 4.78 is 21.3. The molecule has 208 valence electrons. The van der Waals surface area contributed by atoms with Gasteiger partial charge in [0.25, 0.3) is 0 Å². The number of ketones is 1. The number of carbonyl (C=O) groups is 2. The molecule has 9 rings (SSSR count). The van der Waals surface area contributed by atoms with Crippen LogP contribution in [0.15, 0.2) is 47.2 Å². The maximum atomic E-state index is 13.6. The Morgan fingerprint density at radius 1 is 1.15 bits per heavy atom. The van der Waals surface area contributed by atoms with Crippen molar-refractivity contribution in [2.24, 2.45) is 22.7 Å². The molecular weight excluding hydrogens is 503 g/mol. The van der Waals surface area contributed by atoms with Crippen molar-refractivity contribution < 1.29 is 23.3 Å². The van der Waals surface area contributed by atoms with Gasteiger partial charge in [-0.05, 0) is 85.0 Å². The zero-order valence-electron chi connectivity index (χ0n) is 23.6. The molecule has 3 aromatic rings. The number of rotatable bonds is 6. The molecule has 6 aliphatic rings. The summed E-state index contributed by atoms with van der Waals surface area (Å²) in [6, 6.07) is 9.91. The molecule has 2 bridgehead atoms. The summed E-state index contributed by atoms with van der Waals surface area (Å²) in [6.45, 7) is 7.79. The molecule has 0 radical (unpaired) electrons. The van der Waals surface area contributed by atoms with E-state index in [9.17, 15) is 9.59 Å². The summed E-state index contributed by atoms with van der Waals surface area (Å²) in [5.74, 6) is 0.743. The van der Waals surface area contributed by atoms with Crippen LogP contribution in [0.5, 0.6) is 0 Å². The van der Waals surface area contributed by atoms with Crippen molar-refractivity contribution in [3.63, 3.8) is 0 Å². The number of nitrogens with one attached hydrogen (secondary N) is 1. The SMILES string of the molecule is CC1(C)[C@@H]2C[C@H]3OB([C@H](Cc4coc5ccccc45)NC(=O)Cc4ccn5c4C(=O)CC4(CC4)C5)O[C@@]3(C)[C@H]1C2. The van der Waals surface area contributed by atoms with Gasteiger partial charge in [-0.3, -0.25) is 9.59 Å². The third kappa shape index (κ3) is 3.64. The van der Waals surface area contributed by atoms with Crippen LogP contribution in [0.3, 0.4) is 0 Å². The van der Waals surface area contributed by atoms with Gasteiger partial charge in [0.15, 0.2) is 5.78 Å². The molecule has 4 aliphatic carbocycles. The molecule has 4 heterocycles. The van der Waals surface area contributed by atoms with Gasteiger partial charge in [0.2, 0.25) is 5.91 Å². The second-order valence-corrected chi connectivity index (χ2v) is 14.1. The van der Waals surface area contributed by atoms with Crippen LogP contribution in [-0.2, 0) is 33.5 Å². The maximum Gasteiger partial charge on any atom is 0.482 e. The van der Waals surface area contributed by atoms with Crippen LogP contribution >= 0.6 is 0 Å². The Morgan fingerprint density at radius 3 is 2.77 bits per heavy atom. The summed E-state index contributed by atoms with van der Waals surface area (Å²) in [5, 5.41) is 4.31. The molecule has 5 atom stereocenters. The van der Waals surface area contributed by atoms with Gasteiger partial charge in [0.1, 0.15) is 5.58 Å². The number of aromatic nitrogens is 1. The minimum atomic E-state index is -0.554. The van der Waals surface area contributed by atoms with E-state index in [1.807, 2.05) is 36.5 Å². The number of para-hydroxylation sites is 1. The molecule has 1 amide bonds. The predicted octanol–water partition coefficient (Wildman–Crippen LogP) is 5.14. The summed E-state index contributed by atoms with van der Waals surface area (Å²) >= 11 is 0. The van der Waals surface area contributed by atoms with Crippen molar-refractivity contribution in [3.05, 3.63) is 59.6 Å². The number of benzene rings is 1. The molecule has 1 spiro atoms. The quantitative estimate of drug-likeness (QED) is 0.438. The summed E-state index contributed by atoms with van der Waals surface area (Å²) in [7, 11) is -0.554. The fraction of sp³-hybridized carbons (Fsp3) is 0.562. The van der Waals surface area contributed by atoms with Gasteiger partial charge in [-0.25, -0.2) is 0 Å². The number of hydrogen-bond donors (Lipinski definition) is 1. The molecule has 2 aromatic heterocycles. The topological polar surface area (TPSA) is 82.7 Å². The standard InChI is InChI=1S/C32H37BN2O5/c1-30(2)21-14-25(30)31(3)26(15-21)39-33(40-31)27(12-20-17-38-24-7-5-4-6-22(20)24)34-28(37)13-19-8-11-35-18-32(9-10-32)16-23(36)29(19)35/h4-8,11,17,21,25-27H,9-10,12-16,18H2,1-3H3,(H,34,37)/t21-,25-,26+,27-,31-/m0/s1. The molecule has 1 N–H and O–H groups in total. The van der Waals surface area contributed by atoms with Crippen LogP contribution in [0, 0.1) is 22.7 Å². The monoisotopic (exact) mass is 540 g/mol. The van der Waals surface area contributed by atoms with Crippen LogP contribution in [0.4, 0.5) is 0 Å². The molecule has 1 saturated heterocycles. The largest absolute Gasteiger partial charge is 0.482 e. The molecule has 4 saturated carbocycles. The number of furan rings is 1. The lowest BCUT2D eigenvalue weighted by Crippen LogP contribution is -2.65. The van der Waals surface area contributed by atoms with Crippen molar-refractivity contribution >= 4 is 29.8 Å². The maximum absolute atomic E-state index is 13.6. The molecule has 5 fully saturated rings. The Balaban J connectivity index is 1.06. The molecule has 40 heavy (non-hydrogen) atoms. The normalized spacial score (nSPS) is 31.5. The molecule has 8 heteroatoms. The van der Waals surface area contributed by atoms with Gasteiger partial charge in [-0.15, -0.1) is 0 Å². The van der Waals surface area contributed by atoms with E-state index in [-0.39, 0.29) is 46.6 Å². The van der Waals surface area contributed by atoms with E-state index in [0.717, 1.165) is 47.9 Å². The highest BCUT2D eigenvalue weighted by Crippen LogP contribution is 2.65. The number of hydrogen-bond acceptors (Lipinski definition) is 5. The minimum absolute atomic E-state index is 0.0284. The van der Waals surface area contributed by atoms with E-state index in [4.69, 9.17) is 13.7 Å². The van der Waals surface area contributed by atoms with E-state index in [1.165, 1.54) is 6.42 Å². The Labute approximate surface area is 235 Å². The first-order chi connectivity index (χ1) is 19.2. The van der Waals surface area contributed by atoms with Gasteiger partial charge < -0.3 is 23.6 Å². The van der Waals surface area contributed by atoms with E-state index in [2.05, 4.69) is 30.7 Å². The van der Waals surface area contributed by atoms with E-state index >= 15 is 0 Å². The second-order valence-electron chi connectivity index (χ2n) is 14.1. The van der Waals surface area contributed by atoms with Crippen molar-refractivity contribution in [1.29, 1.82) is 0 Å². The van der Waals surface area contributed by atoms with Crippen molar-refractivity contribution in [3.8, 4) is 0 Å². The van der Waals surface area contributed by atoms with Crippen LogP contribution in [0.1, 0.15) is 74.5 Å². The van der Waals surface area contributed by atoms with E-state index < -0.39 is 7.12 Å². The average Bonchev–Trinajstić information content (AvgIpc) is 3.23. The molecule has 2 aliphatic heterocycles. The third-order valence-electron chi connectivity index (χ3n) is 11.3. The lowest BCUT2D eigenvalue weighted by Gasteiger charge is -2.64. The Kier molecular flexibility index (Phi) is 5.20. The highest BCUT2D eigenvalue weighted by molar-refractivity contribution is 6.48. The van der Waals surface area contributed by atoms with Crippen molar-refractivity contribution in [1.82, 2.24) is 9.88 Å². The molecule has 7 nitrogen and oxygen atoms in total. The number of fused-ring (bicyclic) bond motifs is 2. The van der Waals surface area contributed by atoms with Crippen LogP contribution < -0.4 is 5.32 Å². The first-order valence-corrected chi connectivity index (χ1v) is 14.9. The van der Waals surface area contributed by atoms with Gasteiger partial charge in [0.05, 0.1) is 36.0 Å². The molecule has 1 aromatic carbocycles. The van der Waals surface area contributed by atoms with Gasteiger partial charge in [-0.2, -0.15) is 0 Å². The summed E-state index contributed by atoms with van der Waals surface area (Å²) in [5.41, 5.74) is 3.40. The van der Waals surface area contributed by atoms with Crippen LogP contribution in [-0.4, -0.2) is 41.0 Å². The average molecular weight is 540 g/mol. The highest BCUT2D eigenvalue weighted by atomic mass is 16.7. The number of amides is 1.